The van der Waals surface area contributed by atoms with Crippen molar-refractivity contribution in [1.82, 2.24) is 5.32 Å². The molecule has 0 aliphatic heterocycles. The smallest absolute Gasteiger partial charge is 0.221 e. The second-order valence-corrected chi connectivity index (χ2v) is 4.14. The topological polar surface area (TPSA) is 52.9 Å². The number of amides is 1. The molecule has 0 spiro atoms. The number of nitrogens with zero attached hydrogens (tertiary/aromatic N) is 1. The van der Waals surface area contributed by atoms with Crippen molar-refractivity contribution in [2.45, 2.75) is 51.5 Å². The molecule has 0 aromatic rings. The molecular weight excluding hydrogens is 176 g/mol. The number of carbonyl (C=O) groups is 1. The van der Waals surface area contributed by atoms with Gasteiger partial charge in [0, 0.05) is 12.5 Å². The van der Waals surface area contributed by atoms with Crippen LogP contribution in [0.25, 0.3) is 0 Å². The molecular formula is C11H18N2O. The molecule has 1 aliphatic carbocycles. The van der Waals surface area contributed by atoms with E-state index in [1.807, 2.05) is 0 Å². The van der Waals surface area contributed by atoms with Crippen LogP contribution in [0.5, 0.6) is 0 Å². The summed E-state index contributed by atoms with van der Waals surface area (Å²) < 4.78 is 0. The lowest BCUT2D eigenvalue weighted by Crippen LogP contribution is -2.36. The third kappa shape index (κ3) is 3.78. The largest absolute Gasteiger partial charge is 0.353 e. The van der Waals surface area contributed by atoms with Gasteiger partial charge in [0.1, 0.15) is 0 Å². The maximum atomic E-state index is 11.4. The number of carbonyl (C=O) groups excluding carboxylic acids is 1. The van der Waals surface area contributed by atoms with Gasteiger partial charge in [-0.05, 0) is 19.8 Å². The van der Waals surface area contributed by atoms with Gasteiger partial charge >= 0.3 is 0 Å². The van der Waals surface area contributed by atoms with Gasteiger partial charge in [0.2, 0.25) is 5.91 Å². The Morgan fingerprint density at radius 1 is 1.50 bits per heavy atom. The van der Waals surface area contributed by atoms with Crippen molar-refractivity contribution in [2.24, 2.45) is 5.92 Å². The Hall–Kier alpha value is -1.04. The van der Waals surface area contributed by atoms with E-state index in [0.29, 0.717) is 12.5 Å². The zero-order valence-electron chi connectivity index (χ0n) is 8.75. The maximum absolute atomic E-state index is 11.4. The SMILES string of the molecule is CC(C#N)CC(=O)NC1CCCCC1. The first-order chi connectivity index (χ1) is 6.72. The highest BCUT2D eigenvalue weighted by molar-refractivity contribution is 5.76. The van der Waals surface area contributed by atoms with Crippen LogP contribution in [-0.2, 0) is 4.79 Å². The first-order valence-electron chi connectivity index (χ1n) is 5.41. The predicted molar refractivity (Wildman–Crippen MR) is 54.4 cm³/mol. The molecule has 0 radical (unpaired) electrons. The Labute approximate surface area is 85.5 Å². The van der Waals surface area contributed by atoms with E-state index in [1.54, 1.807) is 6.92 Å². The first kappa shape index (κ1) is 11.0. The van der Waals surface area contributed by atoms with E-state index in [-0.39, 0.29) is 11.8 Å². The van der Waals surface area contributed by atoms with Crippen molar-refractivity contribution in [3.05, 3.63) is 0 Å². The van der Waals surface area contributed by atoms with E-state index in [9.17, 15) is 4.79 Å². The molecule has 0 aromatic heterocycles. The van der Waals surface area contributed by atoms with Crippen molar-refractivity contribution in [2.75, 3.05) is 0 Å². The van der Waals surface area contributed by atoms with Crippen molar-refractivity contribution in [3.63, 3.8) is 0 Å². The van der Waals surface area contributed by atoms with Crippen LogP contribution in [0, 0.1) is 17.2 Å². The van der Waals surface area contributed by atoms with Gasteiger partial charge in [0.15, 0.2) is 0 Å². The van der Waals surface area contributed by atoms with Crippen LogP contribution in [0.2, 0.25) is 0 Å². The Morgan fingerprint density at radius 3 is 2.71 bits per heavy atom. The summed E-state index contributed by atoms with van der Waals surface area (Å²) in [7, 11) is 0. The fourth-order valence-electron chi connectivity index (χ4n) is 1.86. The van der Waals surface area contributed by atoms with Crippen molar-refractivity contribution in [1.29, 1.82) is 5.26 Å². The zero-order valence-corrected chi connectivity index (χ0v) is 8.75. The van der Waals surface area contributed by atoms with Gasteiger partial charge in [-0.15, -0.1) is 0 Å². The molecule has 1 unspecified atom stereocenters. The summed E-state index contributed by atoms with van der Waals surface area (Å²) in [6.07, 6.45) is 6.28. The highest BCUT2D eigenvalue weighted by Gasteiger charge is 2.16. The Kier molecular flexibility index (Phi) is 4.45. The summed E-state index contributed by atoms with van der Waals surface area (Å²) in [5.74, 6) is -0.135. The van der Waals surface area contributed by atoms with Gasteiger partial charge in [0.05, 0.1) is 12.0 Å². The predicted octanol–water partition coefficient (Wildman–Crippen LogP) is 1.99. The number of hydrogen-bond donors (Lipinski definition) is 1. The Balaban J connectivity index is 2.22. The molecule has 1 amide bonds. The molecule has 1 fully saturated rings. The molecule has 1 rings (SSSR count). The summed E-state index contributed by atoms with van der Waals surface area (Å²) in [6.45, 7) is 1.78. The summed E-state index contributed by atoms with van der Waals surface area (Å²) in [5.41, 5.74) is 0. The standard InChI is InChI=1S/C11H18N2O/c1-9(8-12)7-11(14)13-10-5-3-2-4-6-10/h9-10H,2-7H2,1H3,(H,13,14). The molecule has 1 atom stereocenters. The van der Waals surface area contributed by atoms with Crippen LogP contribution in [0.3, 0.4) is 0 Å². The van der Waals surface area contributed by atoms with Crippen molar-refractivity contribution >= 4 is 5.91 Å². The van der Waals surface area contributed by atoms with Crippen LogP contribution in [0.4, 0.5) is 0 Å². The molecule has 78 valence electrons. The van der Waals surface area contributed by atoms with E-state index in [0.717, 1.165) is 12.8 Å². The van der Waals surface area contributed by atoms with Crippen LogP contribution < -0.4 is 5.32 Å². The minimum absolute atomic E-state index is 0.0333. The fourth-order valence-corrected chi connectivity index (χ4v) is 1.86. The van der Waals surface area contributed by atoms with Crippen LogP contribution in [0.1, 0.15) is 45.4 Å². The van der Waals surface area contributed by atoms with Gasteiger partial charge in [-0.25, -0.2) is 0 Å². The van der Waals surface area contributed by atoms with Crippen molar-refractivity contribution < 1.29 is 4.79 Å². The molecule has 0 bridgehead atoms. The summed E-state index contributed by atoms with van der Waals surface area (Å²) in [4.78, 5) is 11.4. The Bertz CT molecular complexity index is 226. The number of nitrogens with one attached hydrogen (secondary N) is 1. The lowest BCUT2D eigenvalue weighted by Gasteiger charge is -2.22. The fraction of sp³-hybridized carbons (Fsp3) is 0.818. The van der Waals surface area contributed by atoms with E-state index >= 15 is 0 Å². The van der Waals surface area contributed by atoms with E-state index in [2.05, 4.69) is 11.4 Å². The molecule has 3 heteroatoms. The minimum Gasteiger partial charge on any atom is -0.353 e. The summed E-state index contributed by atoms with van der Waals surface area (Å²) in [5, 5.41) is 11.6. The van der Waals surface area contributed by atoms with Crippen LogP contribution in [0.15, 0.2) is 0 Å². The van der Waals surface area contributed by atoms with Gasteiger partial charge in [-0.2, -0.15) is 5.26 Å². The van der Waals surface area contributed by atoms with Crippen molar-refractivity contribution in [3.8, 4) is 6.07 Å². The number of rotatable bonds is 3. The third-order valence-corrected chi connectivity index (χ3v) is 2.68. The van der Waals surface area contributed by atoms with Crippen LogP contribution >= 0.6 is 0 Å². The summed E-state index contributed by atoms with van der Waals surface area (Å²) in [6, 6.07) is 2.44. The zero-order chi connectivity index (χ0) is 10.4. The van der Waals surface area contributed by atoms with Gasteiger partial charge in [0.25, 0.3) is 0 Å². The van der Waals surface area contributed by atoms with E-state index < -0.39 is 0 Å². The van der Waals surface area contributed by atoms with Gasteiger partial charge in [-0.3, -0.25) is 4.79 Å². The first-order valence-corrected chi connectivity index (χ1v) is 5.41. The average molecular weight is 194 g/mol. The van der Waals surface area contributed by atoms with Crippen LogP contribution in [-0.4, -0.2) is 11.9 Å². The van der Waals surface area contributed by atoms with E-state index in [1.165, 1.54) is 19.3 Å². The van der Waals surface area contributed by atoms with E-state index in [4.69, 9.17) is 5.26 Å². The Morgan fingerprint density at radius 2 is 2.14 bits per heavy atom. The molecule has 1 aliphatic rings. The average Bonchev–Trinajstić information content (AvgIpc) is 2.19. The molecule has 1 N–H and O–H groups in total. The summed E-state index contributed by atoms with van der Waals surface area (Å²) >= 11 is 0. The number of nitriles is 1. The third-order valence-electron chi connectivity index (χ3n) is 2.68. The molecule has 0 saturated heterocycles. The maximum Gasteiger partial charge on any atom is 0.221 e. The monoisotopic (exact) mass is 194 g/mol. The molecule has 3 nitrogen and oxygen atoms in total. The second kappa shape index (κ2) is 5.64. The molecule has 0 aromatic carbocycles. The highest BCUT2D eigenvalue weighted by Crippen LogP contribution is 2.17. The second-order valence-electron chi connectivity index (χ2n) is 4.14. The molecule has 14 heavy (non-hydrogen) atoms. The number of hydrogen-bond acceptors (Lipinski definition) is 2. The lowest BCUT2D eigenvalue weighted by molar-refractivity contribution is -0.122. The molecule has 1 saturated carbocycles. The van der Waals surface area contributed by atoms with Gasteiger partial charge in [-0.1, -0.05) is 19.3 Å². The highest BCUT2D eigenvalue weighted by atomic mass is 16.1. The molecule has 0 heterocycles. The normalized spacial score (nSPS) is 19.7. The quantitative estimate of drug-likeness (QED) is 0.747. The minimum atomic E-state index is -0.168. The lowest BCUT2D eigenvalue weighted by atomic mass is 9.95. The van der Waals surface area contributed by atoms with Gasteiger partial charge < -0.3 is 5.32 Å².